The van der Waals surface area contributed by atoms with Crippen LogP contribution in [-0.2, 0) is 4.79 Å². The van der Waals surface area contributed by atoms with Gasteiger partial charge >= 0.3 is 0 Å². The van der Waals surface area contributed by atoms with Crippen molar-refractivity contribution in [2.24, 2.45) is 16.7 Å². The molecule has 120 valence electrons. The fourth-order valence-electron chi connectivity index (χ4n) is 4.32. The Balaban J connectivity index is 1.59. The summed E-state index contributed by atoms with van der Waals surface area (Å²) in [6.07, 6.45) is 5.03. The highest BCUT2D eigenvalue weighted by atomic mass is 32.2. The third-order valence-corrected chi connectivity index (χ3v) is 7.29. The Morgan fingerprint density at radius 1 is 1.45 bits per heavy atom. The van der Waals surface area contributed by atoms with Crippen LogP contribution in [0.2, 0.25) is 0 Å². The SMILES string of the molecule is CC1(C)C2CCC1(C)C(NC(=O)CSc1cccc[n+]1[O-])C2. The Morgan fingerprint density at radius 3 is 2.82 bits per heavy atom. The van der Waals surface area contributed by atoms with Crippen molar-refractivity contribution < 1.29 is 9.52 Å². The van der Waals surface area contributed by atoms with Gasteiger partial charge in [-0.25, -0.2) is 0 Å². The first-order chi connectivity index (χ1) is 10.3. The van der Waals surface area contributed by atoms with Gasteiger partial charge in [-0.05, 0) is 53.8 Å². The number of amides is 1. The maximum Gasteiger partial charge on any atom is 0.251 e. The molecule has 1 heterocycles. The first kappa shape index (κ1) is 15.7. The van der Waals surface area contributed by atoms with Crippen molar-refractivity contribution in [3.8, 4) is 0 Å². The number of aromatic nitrogens is 1. The van der Waals surface area contributed by atoms with Crippen LogP contribution < -0.4 is 10.0 Å². The molecular weight excluding hydrogens is 296 g/mol. The van der Waals surface area contributed by atoms with Crippen LogP contribution >= 0.6 is 11.8 Å². The van der Waals surface area contributed by atoms with Gasteiger partial charge in [-0.3, -0.25) is 4.79 Å². The van der Waals surface area contributed by atoms with Crippen LogP contribution in [0.1, 0.15) is 40.0 Å². The molecule has 3 unspecified atom stereocenters. The lowest BCUT2D eigenvalue weighted by Crippen LogP contribution is -2.47. The standard InChI is InChI=1S/C17H24N2O2S/c1-16(2)12-7-8-17(16,3)13(10-12)18-14(20)11-22-15-6-4-5-9-19(15)21/h4-6,9,12-13H,7-8,10-11H2,1-3H3,(H,18,20). The molecule has 2 fully saturated rings. The molecule has 0 saturated heterocycles. The van der Waals surface area contributed by atoms with Crippen molar-refractivity contribution in [2.45, 2.75) is 51.1 Å². The van der Waals surface area contributed by atoms with E-state index in [1.54, 1.807) is 12.1 Å². The number of rotatable bonds is 4. The van der Waals surface area contributed by atoms with Gasteiger partial charge in [0.25, 0.3) is 5.03 Å². The predicted molar refractivity (Wildman–Crippen MR) is 87.3 cm³/mol. The molecule has 0 aliphatic heterocycles. The summed E-state index contributed by atoms with van der Waals surface area (Å²) < 4.78 is 0.805. The minimum absolute atomic E-state index is 0.0310. The van der Waals surface area contributed by atoms with Gasteiger partial charge in [0.15, 0.2) is 6.20 Å². The number of thioether (sulfide) groups is 1. The van der Waals surface area contributed by atoms with Crippen molar-refractivity contribution >= 4 is 17.7 Å². The Labute approximate surface area is 136 Å². The average molecular weight is 320 g/mol. The van der Waals surface area contributed by atoms with Crippen LogP contribution in [0, 0.1) is 22.0 Å². The van der Waals surface area contributed by atoms with E-state index in [0.29, 0.717) is 22.1 Å². The fourth-order valence-corrected chi connectivity index (χ4v) is 5.05. The lowest BCUT2D eigenvalue weighted by molar-refractivity contribution is -0.645. The Bertz CT molecular complexity index is 590. The van der Waals surface area contributed by atoms with E-state index in [1.807, 2.05) is 6.07 Å². The predicted octanol–water partition coefficient (Wildman–Crippen LogP) is 2.74. The summed E-state index contributed by atoms with van der Waals surface area (Å²) in [4.78, 5) is 12.3. The molecule has 3 atom stereocenters. The van der Waals surface area contributed by atoms with E-state index >= 15 is 0 Å². The van der Waals surface area contributed by atoms with Crippen molar-refractivity contribution in [2.75, 3.05) is 5.75 Å². The molecule has 1 amide bonds. The summed E-state index contributed by atoms with van der Waals surface area (Å²) >= 11 is 1.30. The molecule has 2 bridgehead atoms. The maximum absolute atomic E-state index is 12.3. The molecule has 2 aliphatic carbocycles. The molecule has 0 spiro atoms. The van der Waals surface area contributed by atoms with Gasteiger partial charge in [-0.15, -0.1) is 0 Å². The molecule has 1 N–H and O–H groups in total. The average Bonchev–Trinajstić information content (AvgIpc) is 2.80. The molecule has 0 aromatic carbocycles. The second kappa shape index (κ2) is 5.44. The Hall–Kier alpha value is -1.23. The maximum atomic E-state index is 12.3. The lowest BCUT2D eigenvalue weighted by Gasteiger charge is -2.39. The van der Waals surface area contributed by atoms with Gasteiger partial charge in [0.1, 0.15) is 0 Å². The van der Waals surface area contributed by atoms with Crippen molar-refractivity contribution in [1.82, 2.24) is 5.32 Å². The van der Waals surface area contributed by atoms with Gasteiger partial charge in [0.05, 0.1) is 5.75 Å². The quantitative estimate of drug-likeness (QED) is 0.527. The van der Waals surface area contributed by atoms with Crippen LogP contribution in [0.3, 0.4) is 0 Å². The van der Waals surface area contributed by atoms with Gasteiger partial charge < -0.3 is 10.5 Å². The van der Waals surface area contributed by atoms with E-state index in [2.05, 4.69) is 26.1 Å². The van der Waals surface area contributed by atoms with Crippen LogP contribution in [0.25, 0.3) is 0 Å². The lowest BCUT2D eigenvalue weighted by atomic mass is 9.69. The Kier molecular flexibility index (Phi) is 3.87. The number of carbonyl (C=O) groups is 1. The summed E-state index contributed by atoms with van der Waals surface area (Å²) in [5.41, 5.74) is 0.499. The second-order valence-corrected chi connectivity index (χ2v) is 8.38. The molecule has 2 aliphatic rings. The summed E-state index contributed by atoms with van der Waals surface area (Å²) in [5, 5.41) is 15.4. The summed E-state index contributed by atoms with van der Waals surface area (Å²) in [6.45, 7) is 7.01. The molecule has 3 rings (SSSR count). The largest absolute Gasteiger partial charge is 0.618 e. The molecule has 22 heavy (non-hydrogen) atoms. The third-order valence-electron chi connectivity index (χ3n) is 6.27. The highest BCUT2D eigenvalue weighted by Crippen LogP contribution is 2.65. The third kappa shape index (κ3) is 2.39. The van der Waals surface area contributed by atoms with Crippen LogP contribution in [0.5, 0.6) is 0 Å². The number of nitrogens with one attached hydrogen (secondary N) is 1. The number of pyridine rings is 1. The monoisotopic (exact) mass is 320 g/mol. The minimum atomic E-state index is 0.0310. The van der Waals surface area contributed by atoms with Crippen molar-refractivity contribution in [3.05, 3.63) is 29.6 Å². The topological polar surface area (TPSA) is 56.0 Å². The Morgan fingerprint density at radius 2 is 2.23 bits per heavy atom. The van der Waals surface area contributed by atoms with Gasteiger partial charge in [0, 0.05) is 18.2 Å². The number of hydrogen-bond acceptors (Lipinski definition) is 3. The van der Waals surface area contributed by atoms with Crippen LogP contribution in [0.4, 0.5) is 0 Å². The molecule has 0 radical (unpaired) electrons. The van der Waals surface area contributed by atoms with Crippen molar-refractivity contribution in [3.63, 3.8) is 0 Å². The van der Waals surface area contributed by atoms with E-state index in [9.17, 15) is 10.0 Å². The van der Waals surface area contributed by atoms with E-state index in [4.69, 9.17) is 0 Å². The number of hydrogen-bond donors (Lipinski definition) is 1. The van der Waals surface area contributed by atoms with Gasteiger partial charge in [-0.1, -0.05) is 20.8 Å². The number of carbonyl (C=O) groups excluding carboxylic acids is 1. The zero-order chi connectivity index (χ0) is 16.0. The molecular formula is C17H24N2O2S. The first-order valence-corrected chi connectivity index (χ1v) is 8.93. The highest BCUT2D eigenvalue weighted by Gasteiger charge is 2.61. The van der Waals surface area contributed by atoms with E-state index < -0.39 is 0 Å². The zero-order valence-electron chi connectivity index (χ0n) is 13.5. The number of fused-ring (bicyclic) bond motifs is 2. The van der Waals surface area contributed by atoms with Gasteiger partial charge in [-0.2, -0.15) is 4.73 Å². The van der Waals surface area contributed by atoms with Crippen molar-refractivity contribution in [1.29, 1.82) is 0 Å². The summed E-state index contributed by atoms with van der Waals surface area (Å²) in [7, 11) is 0. The van der Waals surface area contributed by atoms with E-state index in [0.717, 1.165) is 11.2 Å². The minimum Gasteiger partial charge on any atom is -0.618 e. The van der Waals surface area contributed by atoms with E-state index in [-0.39, 0.29) is 17.4 Å². The molecule has 1 aromatic heterocycles. The summed E-state index contributed by atoms with van der Waals surface area (Å²) in [6, 6.07) is 5.51. The number of nitrogens with zero attached hydrogens (tertiary/aromatic N) is 1. The van der Waals surface area contributed by atoms with E-state index in [1.165, 1.54) is 30.8 Å². The highest BCUT2D eigenvalue weighted by molar-refractivity contribution is 7.99. The van der Waals surface area contributed by atoms with Gasteiger partial charge in [0.2, 0.25) is 5.91 Å². The zero-order valence-corrected chi connectivity index (χ0v) is 14.3. The van der Waals surface area contributed by atoms with Crippen LogP contribution in [-0.4, -0.2) is 17.7 Å². The van der Waals surface area contributed by atoms with Crippen LogP contribution in [0.15, 0.2) is 29.4 Å². The fraction of sp³-hybridized carbons (Fsp3) is 0.647. The smallest absolute Gasteiger partial charge is 0.251 e. The molecule has 2 saturated carbocycles. The first-order valence-electron chi connectivity index (χ1n) is 7.95. The summed E-state index contributed by atoms with van der Waals surface area (Å²) in [5.74, 6) is 1.04. The molecule has 1 aromatic rings. The second-order valence-electron chi connectivity index (χ2n) is 7.38. The molecule has 4 nitrogen and oxygen atoms in total. The normalized spacial score (nSPS) is 32.1. The molecule has 5 heteroatoms.